The van der Waals surface area contributed by atoms with E-state index in [0.717, 1.165) is 29.6 Å². The highest BCUT2D eigenvalue weighted by Gasteiger charge is 3.05. The van der Waals surface area contributed by atoms with Gasteiger partial charge in [0.1, 0.15) is 0 Å². The number of benzene rings is 1. The zero-order valence-corrected chi connectivity index (χ0v) is 39.5. The lowest BCUT2D eigenvalue weighted by Gasteiger charge is -2.74. The average Bonchev–Trinajstić information content (AvgIpc) is 4.21. The van der Waals surface area contributed by atoms with Crippen LogP contribution in [0.25, 0.3) is 0 Å². The van der Waals surface area contributed by atoms with Crippen LogP contribution >= 0.6 is 0 Å². The minimum Gasteiger partial charge on any atom is -0.0627 e. The van der Waals surface area contributed by atoms with Gasteiger partial charge in [-0.3, -0.25) is 0 Å². The summed E-state index contributed by atoms with van der Waals surface area (Å²) in [7, 11) is 0. The largest absolute Gasteiger partial charge is 0.0627 e. The van der Waals surface area contributed by atoms with Crippen molar-refractivity contribution in [2.45, 2.75) is 18.3 Å². The second-order valence-electron chi connectivity index (χ2n) is 37.7. The van der Waals surface area contributed by atoms with Crippen molar-refractivity contribution in [3.05, 3.63) is 46.5 Å². The van der Waals surface area contributed by atoms with Crippen molar-refractivity contribution in [1.82, 2.24) is 0 Å². The van der Waals surface area contributed by atoms with Crippen LogP contribution in [-0.4, -0.2) is 0 Å². The van der Waals surface area contributed by atoms with Gasteiger partial charge < -0.3 is 0 Å². The minimum atomic E-state index is 0.645. The maximum Gasteiger partial charge on any atom is 0.00915 e. The van der Waals surface area contributed by atoms with Gasteiger partial charge in [-0.1, -0.05) is 35.4 Å². The maximum atomic E-state index is 2.92. The topological polar surface area (TPSA) is 0 Å². The molecule has 60 atom stereocenters. The van der Waals surface area contributed by atoms with Crippen LogP contribution in [0.1, 0.15) is 29.4 Å². The molecule has 0 heteroatoms. The molecule has 2 spiro atoms. The van der Waals surface area contributed by atoms with Crippen molar-refractivity contribution < 1.29 is 0 Å². The second kappa shape index (κ2) is 7.14. The normalized spacial score (nSPS) is 98.7. The lowest BCUT2D eigenvalue weighted by atomic mass is 9.29. The summed E-state index contributed by atoms with van der Waals surface area (Å²) >= 11 is 0. The molecule has 69 heavy (non-hydrogen) atoms. The van der Waals surface area contributed by atoms with E-state index in [0.29, 0.717) is 10.8 Å². The molecule has 0 aromatic heterocycles. The minimum absolute atomic E-state index is 0.645. The Labute approximate surface area is 405 Å². The Balaban J connectivity index is 0.874. The molecule has 340 valence electrons. The number of hydrogen-bond acceptors (Lipinski definition) is 0. The first kappa shape index (κ1) is 29.9. The van der Waals surface area contributed by atoms with Gasteiger partial charge >= 0.3 is 0 Å². The standard InChI is InChI=1S/C69H64/c1-2-4-7-6(3-1)8-5-9(7)69-66-58-50-40-30-22-14-11-10-12-16-18(14)26-32-24(16)34-28-20(12)21-13(10)17-19-15(11)23(22)31-37-27(19)33-25(17)35-29(21)39-38(28)48-42(34)52-46(32)54(44(50)36(26)30)62(66)60(52)64-56(48)57-49(39)43(35)53-47(33)55-45(37)51(41(31)40)59(58)67(69)63(55)61(53)65(57)68(8,64)69/h1-4,8-58,60-66H,5H2. The van der Waals surface area contributed by atoms with Gasteiger partial charge in [0.25, 0.3) is 0 Å². The molecule has 31 saturated carbocycles. The molecule has 36 rings (SSSR count). The SMILES string of the molecule is c1ccc2c(c1)C1CC2C23C4C5C6C7=C8C9C%10C6C6C%11C%12C%10C%10C9C9C%13C8C(C8C%14C%13C%13C9C9C%10C%10C%12C%12C%11C%11C%15C%16C%12C%12C%10C9C9C%13C%10C%13C9C%12C%16C9C%13C%12C(C%10%14)C8C2C2C%12C9C%15C(C%11C65)C24)C713. The van der Waals surface area contributed by atoms with Crippen molar-refractivity contribution in [2.75, 3.05) is 0 Å². The van der Waals surface area contributed by atoms with Crippen LogP contribution in [0, 0.1) is 342 Å². The molecule has 1 aromatic carbocycles. The first-order valence-corrected chi connectivity index (χ1v) is 33.3. The number of hydrogen-bond donors (Lipinski definition) is 0. The number of allylic oxidation sites excluding steroid dienone is 2. The van der Waals surface area contributed by atoms with Gasteiger partial charge in [-0.15, -0.1) is 0 Å². The van der Waals surface area contributed by atoms with E-state index in [4.69, 9.17) is 0 Å². The fourth-order valence-electron chi connectivity index (χ4n) is 49.5. The van der Waals surface area contributed by atoms with E-state index in [-0.39, 0.29) is 0 Å². The van der Waals surface area contributed by atoms with Crippen molar-refractivity contribution in [3.63, 3.8) is 0 Å². The van der Waals surface area contributed by atoms with E-state index in [1.54, 1.807) is 6.42 Å². The fourth-order valence-corrected chi connectivity index (χ4v) is 49.5. The van der Waals surface area contributed by atoms with E-state index in [2.05, 4.69) is 46.5 Å². The summed E-state index contributed by atoms with van der Waals surface area (Å²) in [5.41, 5.74) is 10.7. The van der Waals surface area contributed by atoms with Gasteiger partial charge in [-0.05, 0) is 366 Å². The molecule has 60 unspecified atom stereocenters. The van der Waals surface area contributed by atoms with Crippen LogP contribution in [0.5, 0.6) is 0 Å². The molecule has 0 aliphatic heterocycles. The highest BCUT2D eigenvalue weighted by atomic mass is 15.1. The van der Waals surface area contributed by atoms with Crippen LogP contribution in [-0.2, 0) is 0 Å². The lowest BCUT2D eigenvalue weighted by Crippen LogP contribution is -2.71. The molecular weight excluding hydrogens is 829 g/mol. The van der Waals surface area contributed by atoms with Crippen molar-refractivity contribution in [3.8, 4) is 0 Å². The molecule has 0 saturated heterocycles. The molecule has 0 amide bonds. The van der Waals surface area contributed by atoms with Crippen molar-refractivity contribution in [2.24, 2.45) is 342 Å². The maximum absolute atomic E-state index is 2.92. The van der Waals surface area contributed by atoms with Crippen LogP contribution in [0.4, 0.5) is 0 Å². The first-order valence-electron chi connectivity index (χ1n) is 33.3. The molecule has 35 aliphatic carbocycles. The highest BCUT2D eigenvalue weighted by molar-refractivity contribution is 5.65. The zero-order valence-electron chi connectivity index (χ0n) is 39.5. The van der Waals surface area contributed by atoms with Gasteiger partial charge in [0.2, 0.25) is 0 Å². The Bertz CT molecular complexity index is 3390. The molecule has 35 aliphatic rings. The van der Waals surface area contributed by atoms with Crippen LogP contribution in [0.3, 0.4) is 0 Å². The summed E-state index contributed by atoms with van der Waals surface area (Å²) in [5, 5.41) is 0. The molecular formula is C69H64. The Morgan fingerprint density at radius 1 is 0.246 bits per heavy atom. The predicted octanol–water partition coefficient (Wildman–Crippen LogP) is 9.47. The number of rotatable bonds is 0. The molecule has 0 heterocycles. The zero-order chi connectivity index (χ0) is 40.3. The Kier molecular flexibility index (Phi) is 3.09. The van der Waals surface area contributed by atoms with Crippen molar-refractivity contribution >= 4 is 0 Å². The molecule has 0 N–H and O–H groups in total. The van der Waals surface area contributed by atoms with Crippen LogP contribution in [0.15, 0.2) is 35.4 Å². The fraction of sp³-hybridized carbons (Fsp3) is 0.884. The third-order valence-corrected chi connectivity index (χ3v) is 43.1. The highest BCUT2D eigenvalue weighted by Crippen LogP contribution is 3.09. The van der Waals surface area contributed by atoms with Gasteiger partial charge in [-0.2, -0.15) is 0 Å². The van der Waals surface area contributed by atoms with E-state index in [1.807, 2.05) is 0 Å². The molecule has 2 bridgehead atoms. The summed E-state index contributed by atoms with van der Waals surface area (Å²) < 4.78 is 0. The molecule has 1 aromatic rings. The van der Waals surface area contributed by atoms with E-state index in [1.165, 1.54) is 314 Å². The Morgan fingerprint density at radius 3 is 0.942 bits per heavy atom. The Morgan fingerprint density at radius 2 is 0.522 bits per heavy atom. The molecule has 31 fully saturated rings. The van der Waals surface area contributed by atoms with Gasteiger partial charge in [-0.25, -0.2) is 0 Å². The summed E-state index contributed by atoms with van der Waals surface area (Å²) in [6.45, 7) is 0. The smallest absolute Gasteiger partial charge is 0.00915 e. The monoisotopic (exact) mass is 893 g/mol. The van der Waals surface area contributed by atoms with Crippen LogP contribution in [0.2, 0.25) is 0 Å². The van der Waals surface area contributed by atoms with Gasteiger partial charge in [0.15, 0.2) is 0 Å². The molecule has 0 radical (unpaired) electrons. The van der Waals surface area contributed by atoms with Crippen LogP contribution < -0.4 is 0 Å². The van der Waals surface area contributed by atoms with E-state index in [9.17, 15) is 0 Å². The summed E-state index contributed by atoms with van der Waals surface area (Å²) in [6, 6.07) is 11.1. The van der Waals surface area contributed by atoms with E-state index < -0.39 is 0 Å². The second-order valence-corrected chi connectivity index (χ2v) is 37.7. The summed E-state index contributed by atoms with van der Waals surface area (Å²) in [5.74, 6) is 72.5. The average molecular weight is 893 g/mol. The third kappa shape index (κ3) is 1.71. The van der Waals surface area contributed by atoms with E-state index >= 15 is 0 Å². The first-order chi connectivity index (χ1) is 34.4. The van der Waals surface area contributed by atoms with Gasteiger partial charge in [0, 0.05) is 5.41 Å². The summed E-state index contributed by atoms with van der Waals surface area (Å²) in [6.07, 6.45) is 1.69. The lowest BCUT2D eigenvalue weighted by molar-refractivity contribution is -0.241. The van der Waals surface area contributed by atoms with Crippen molar-refractivity contribution in [1.29, 1.82) is 0 Å². The van der Waals surface area contributed by atoms with Gasteiger partial charge in [0.05, 0.1) is 0 Å². The quantitative estimate of drug-likeness (QED) is 0.228. The predicted molar refractivity (Wildman–Crippen MR) is 244 cm³/mol. The Hall–Kier alpha value is -1.04. The summed E-state index contributed by atoms with van der Waals surface area (Å²) in [4.78, 5) is 0. The third-order valence-electron chi connectivity index (χ3n) is 43.1. The molecule has 0 nitrogen and oxygen atoms in total.